The Morgan fingerprint density at radius 3 is 1.93 bits per heavy atom. The molecule has 0 aliphatic carbocycles. The summed E-state index contributed by atoms with van der Waals surface area (Å²) in [6.45, 7) is 7.65. The molecule has 0 heterocycles. The molecule has 3 heteroatoms. The molecule has 0 spiro atoms. The van der Waals surface area contributed by atoms with Crippen molar-refractivity contribution in [3.63, 3.8) is 0 Å². The Kier molecular flexibility index (Phi) is 7.14. The SMILES string of the molecule is CCC(N)(CC)CN(C)CCCN(C)C. The fourth-order valence-corrected chi connectivity index (χ4v) is 1.75. The number of nitrogens with two attached hydrogens (primary N) is 1. The van der Waals surface area contributed by atoms with Crippen LogP contribution in [0.25, 0.3) is 0 Å². The van der Waals surface area contributed by atoms with Gasteiger partial charge in [0, 0.05) is 12.1 Å². The predicted octanol–water partition coefficient (Wildman–Crippen LogP) is 1.39. The van der Waals surface area contributed by atoms with Crippen molar-refractivity contribution in [1.82, 2.24) is 9.80 Å². The first-order valence-electron chi connectivity index (χ1n) is 6.05. The smallest absolute Gasteiger partial charge is 0.0278 e. The summed E-state index contributed by atoms with van der Waals surface area (Å²) < 4.78 is 0. The molecular formula is C12H29N3. The van der Waals surface area contributed by atoms with Gasteiger partial charge in [0.2, 0.25) is 0 Å². The largest absolute Gasteiger partial charge is 0.324 e. The number of hydrogen-bond donors (Lipinski definition) is 1. The summed E-state index contributed by atoms with van der Waals surface area (Å²) in [4.78, 5) is 4.58. The van der Waals surface area contributed by atoms with E-state index < -0.39 is 0 Å². The highest BCUT2D eigenvalue weighted by molar-refractivity contribution is 4.83. The lowest BCUT2D eigenvalue weighted by atomic mass is 9.94. The van der Waals surface area contributed by atoms with Crippen LogP contribution < -0.4 is 5.73 Å². The molecule has 92 valence electrons. The highest BCUT2D eigenvalue weighted by atomic mass is 15.1. The Balaban J connectivity index is 3.76. The second-order valence-electron chi connectivity index (χ2n) is 4.96. The summed E-state index contributed by atoms with van der Waals surface area (Å²) in [6.07, 6.45) is 3.33. The Morgan fingerprint density at radius 1 is 1.00 bits per heavy atom. The number of rotatable bonds is 8. The van der Waals surface area contributed by atoms with E-state index in [1.54, 1.807) is 0 Å². The molecule has 0 saturated carbocycles. The molecule has 0 unspecified atom stereocenters. The number of likely N-dealkylation sites (N-methyl/N-ethyl adjacent to an activating group) is 1. The lowest BCUT2D eigenvalue weighted by Crippen LogP contribution is -2.48. The summed E-state index contributed by atoms with van der Waals surface area (Å²) in [6, 6.07) is 0. The predicted molar refractivity (Wildman–Crippen MR) is 68.2 cm³/mol. The standard InChI is InChI=1S/C12H29N3/c1-6-12(13,7-2)11-15(5)10-8-9-14(3)4/h6-11,13H2,1-5H3. The maximum absolute atomic E-state index is 6.28. The summed E-state index contributed by atoms with van der Waals surface area (Å²) in [5.74, 6) is 0. The minimum Gasteiger partial charge on any atom is -0.324 e. The Hall–Kier alpha value is -0.120. The molecule has 0 aliphatic heterocycles. The quantitative estimate of drug-likeness (QED) is 0.664. The van der Waals surface area contributed by atoms with Crippen LogP contribution in [-0.4, -0.2) is 56.1 Å². The molecule has 0 saturated heterocycles. The van der Waals surface area contributed by atoms with Crippen LogP contribution in [-0.2, 0) is 0 Å². The molecule has 0 aromatic heterocycles. The van der Waals surface area contributed by atoms with Crippen LogP contribution in [0.1, 0.15) is 33.1 Å². The van der Waals surface area contributed by atoms with Gasteiger partial charge in [-0.05, 0) is 53.5 Å². The van der Waals surface area contributed by atoms with E-state index in [-0.39, 0.29) is 5.54 Å². The van der Waals surface area contributed by atoms with Gasteiger partial charge in [0.15, 0.2) is 0 Å². The van der Waals surface area contributed by atoms with Crippen LogP contribution in [0.3, 0.4) is 0 Å². The van der Waals surface area contributed by atoms with E-state index in [2.05, 4.69) is 44.8 Å². The Morgan fingerprint density at radius 2 is 1.53 bits per heavy atom. The molecule has 0 rings (SSSR count). The van der Waals surface area contributed by atoms with Gasteiger partial charge in [0.1, 0.15) is 0 Å². The van der Waals surface area contributed by atoms with E-state index in [0.717, 1.165) is 32.5 Å². The molecule has 15 heavy (non-hydrogen) atoms. The van der Waals surface area contributed by atoms with Crippen LogP contribution in [0.15, 0.2) is 0 Å². The molecule has 0 fully saturated rings. The maximum Gasteiger partial charge on any atom is 0.0278 e. The van der Waals surface area contributed by atoms with E-state index in [1.807, 2.05) is 0 Å². The normalized spacial score (nSPS) is 12.8. The van der Waals surface area contributed by atoms with E-state index in [0.29, 0.717) is 0 Å². The molecule has 0 amide bonds. The summed E-state index contributed by atoms with van der Waals surface area (Å²) in [7, 11) is 6.40. The van der Waals surface area contributed by atoms with Crippen molar-refractivity contribution in [3.8, 4) is 0 Å². The first-order valence-corrected chi connectivity index (χ1v) is 6.05. The van der Waals surface area contributed by atoms with Gasteiger partial charge in [-0.1, -0.05) is 13.8 Å². The van der Waals surface area contributed by atoms with E-state index >= 15 is 0 Å². The first-order chi connectivity index (χ1) is 6.93. The lowest BCUT2D eigenvalue weighted by Gasteiger charge is -2.32. The van der Waals surface area contributed by atoms with Crippen molar-refractivity contribution in [1.29, 1.82) is 0 Å². The lowest BCUT2D eigenvalue weighted by molar-refractivity contribution is 0.224. The molecule has 0 aromatic carbocycles. The minimum atomic E-state index is 0.00681. The van der Waals surface area contributed by atoms with Crippen LogP contribution in [0.2, 0.25) is 0 Å². The van der Waals surface area contributed by atoms with Gasteiger partial charge >= 0.3 is 0 Å². The van der Waals surface area contributed by atoms with Gasteiger partial charge in [-0.25, -0.2) is 0 Å². The third-order valence-corrected chi connectivity index (χ3v) is 3.14. The topological polar surface area (TPSA) is 32.5 Å². The summed E-state index contributed by atoms with van der Waals surface area (Å²) in [5, 5.41) is 0. The van der Waals surface area contributed by atoms with Crippen LogP contribution in [0.5, 0.6) is 0 Å². The van der Waals surface area contributed by atoms with Gasteiger partial charge in [-0.3, -0.25) is 0 Å². The van der Waals surface area contributed by atoms with Crippen molar-refractivity contribution in [2.45, 2.75) is 38.6 Å². The van der Waals surface area contributed by atoms with E-state index in [1.165, 1.54) is 6.42 Å². The van der Waals surface area contributed by atoms with Gasteiger partial charge in [0.25, 0.3) is 0 Å². The van der Waals surface area contributed by atoms with Crippen LogP contribution in [0, 0.1) is 0 Å². The second kappa shape index (κ2) is 7.20. The van der Waals surface area contributed by atoms with Crippen molar-refractivity contribution in [3.05, 3.63) is 0 Å². The second-order valence-corrected chi connectivity index (χ2v) is 4.96. The Bertz CT molecular complexity index is 153. The van der Waals surface area contributed by atoms with Crippen LogP contribution in [0.4, 0.5) is 0 Å². The van der Waals surface area contributed by atoms with Gasteiger partial charge < -0.3 is 15.5 Å². The molecule has 0 aliphatic rings. The monoisotopic (exact) mass is 215 g/mol. The van der Waals surface area contributed by atoms with Crippen molar-refractivity contribution >= 4 is 0 Å². The van der Waals surface area contributed by atoms with Crippen LogP contribution >= 0.6 is 0 Å². The zero-order valence-electron chi connectivity index (χ0n) is 11.2. The fourth-order valence-electron chi connectivity index (χ4n) is 1.75. The third kappa shape index (κ3) is 6.88. The van der Waals surface area contributed by atoms with E-state index in [4.69, 9.17) is 5.73 Å². The maximum atomic E-state index is 6.28. The highest BCUT2D eigenvalue weighted by Gasteiger charge is 2.21. The molecule has 0 aromatic rings. The number of hydrogen-bond acceptors (Lipinski definition) is 3. The van der Waals surface area contributed by atoms with Gasteiger partial charge in [-0.2, -0.15) is 0 Å². The average Bonchev–Trinajstić information content (AvgIpc) is 2.17. The Labute approximate surface area is 95.6 Å². The van der Waals surface area contributed by atoms with Gasteiger partial charge in [-0.15, -0.1) is 0 Å². The molecule has 0 radical (unpaired) electrons. The molecule has 2 N–H and O–H groups in total. The summed E-state index contributed by atoms with van der Waals surface area (Å²) >= 11 is 0. The van der Waals surface area contributed by atoms with Crippen molar-refractivity contribution < 1.29 is 0 Å². The van der Waals surface area contributed by atoms with Crippen molar-refractivity contribution in [2.75, 3.05) is 40.8 Å². The summed E-state index contributed by atoms with van der Waals surface area (Å²) in [5.41, 5.74) is 6.28. The molecule has 0 bridgehead atoms. The fraction of sp³-hybridized carbons (Fsp3) is 1.00. The minimum absolute atomic E-state index is 0.00681. The zero-order valence-corrected chi connectivity index (χ0v) is 11.2. The number of nitrogens with zero attached hydrogens (tertiary/aromatic N) is 2. The van der Waals surface area contributed by atoms with Gasteiger partial charge in [0.05, 0.1) is 0 Å². The van der Waals surface area contributed by atoms with E-state index in [9.17, 15) is 0 Å². The molecular weight excluding hydrogens is 186 g/mol. The average molecular weight is 215 g/mol. The zero-order chi connectivity index (χ0) is 11.9. The molecule has 3 nitrogen and oxygen atoms in total. The highest BCUT2D eigenvalue weighted by Crippen LogP contribution is 2.12. The molecule has 0 atom stereocenters. The third-order valence-electron chi connectivity index (χ3n) is 3.14. The first kappa shape index (κ1) is 14.9. The van der Waals surface area contributed by atoms with Crippen molar-refractivity contribution in [2.24, 2.45) is 5.73 Å².